The molecule has 206 valence electrons. The number of benzene rings is 7. The normalized spacial score (nSPS) is 11.8. The largest absolute Gasteiger partial charge is 0.452 e. The molecule has 7 aromatic carbocycles. The zero-order valence-corrected chi connectivity index (χ0v) is 23.5. The molecular formula is C40H23FN2O. The van der Waals surface area contributed by atoms with Gasteiger partial charge in [-0.15, -0.1) is 0 Å². The van der Waals surface area contributed by atoms with Gasteiger partial charge in [-0.1, -0.05) is 115 Å². The lowest BCUT2D eigenvalue weighted by Crippen LogP contribution is -1.93. The average Bonchev–Trinajstić information content (AvgIpc) is 3.46. The minimum absolute atomic E-state index is 0.269. The second-order valence-corrected chi connectivity index (χ2v) is 11.1. The molecule has 0 saturated heterocycles. The fourth-order valence-electron chi connectivity index (χ4n) is 6.47. The van der Waals surface area contributed by atoms with E-state index in [-0.39, 0.29) is 5.82 Å². The van der Waals surface area contributed by atoms with E-state index in [0.29, 0.717) is 28.1 Å². The van der Waals surface area contributed by atoms with Crippen molar-refractivity contribution in [3.63, 3.8) is 0 Å². The average molecular weight is 567 g/mol. The van der Waals surface area contributed by atoms with Crippen LogP contribution in [-0.4, -0.2) is 9.97 Å². The van der Waals surface area contributed by atoms with Gasteiger partial charge in [0.05, 0.1) is 0 Å². The van der Waals surface area contributed by atoms with Crippen LogP contribution < -0.4 is 0 Å². The number of furan rings is 1. The third kappa shape index (κ3) is 3.74. The van der Waals surface area contributed by atoms with Crippen molar-refractivity contribution >= 4 is 54.4 Å². The predicted molar refractivity (Wildman–Crippen MR) is 178 cm³/mol. The Labute approximate surface area is 251 Å². The highest BCUT2D eigenvalue weighted by Crippen LogP contribution is 2.41. The van der Waals surface area contributed by atoms with Crippen molar-refractivity contribution in [1.29, 1.82) is 0 Å². The van der Waals surface area contributed by atoms with Gasteiger partial charge in [0.25, 0.3) is 0 Å². The Bertz CT molecular complexity index is 2550. The van der Waals surface area contributed by atoms with E-state index in [1.54, 1.807) is 6.07 Å². The third-order valence-corrected chi connectivity index (χ3v) is 8.53. The van der Waals surface area contributed by atoms with Gasteiger partial charge >= 0.3 is 0 Å². The number of aromatic nitrogens is 2. The summed E-state index contributed by atoms with van der Waals surface area (Å²) >= 11 is 0. The van der Waals surface area contributed by atoms with Crippen molar-refractivity contribution in [3.05, 3.63) is 145 Å². The van der Waals surface area contributed by atoms with Crippen LogP contribution in [-0.2, 0) is 0 Å². The lowest BCUT2D eigenvalue weighted by atomic mass is 9.91. The van der Waals surface area contributed by atoms with Crippen LogP contribution in [0.3, 0.4) is 0 Å². The molecule has 0 bridgehead atoms. The van der Waals surface area contributed by atoms with Gasteiger partial charge in [0.1, 0.15) is 22.6 Å². The summed E-state index contributed by atoms with van der Waals surface area (Å²) in [7, 11) is 0. The van der Waals surface area contributed by atoms with Crippen molar-refractivity contribution < 1.29 is 8.81 Å². The van der Waals surface area contributed by atoms with Gasteiger partial charge in [-0.2, -0.15) is 0 Å². The Balaban J connectivity index is 1.31. The molecule has 0 amide bonds. The maximum Gasteiger partial charge on any atom is 0.180 e. The number of rotatable bonds is 3. The molecule has 0 radical (unpaired) electrons. The third-order valence-electron chi connectivity index (χ3n) is 8.53. The van der Waals surface area contributed by atoms with Crippen molar-refractivity contribution in [3.8, 4) is 33.8 Å². The van der Waals surface area contributed by atoms with Gasteiger partial charge < -0.3 is 4.42 Å². The van der Waals surface area contributed by atoms with Crippen molar-refractivity contribution in [2.45, 2.75) is 0 Å². The zero-order chi connectivity index (χ0) is 29.2. The van der Waals surface area contributed by atoms with E-state index in [4.69, 9.17) is 14.4 Å². The van der Waals surface area contributed by atoms with E-state index in [2.05, 4.69) is 30.3 Å². The van der Waals surface area contributed by atoms with Gasteiger partial charge in [-0.25, -0.2) is 14.4 Å². The smallest absolute Gasteiger partial charge is 0.180 e. The molecule has 9 aromatic rings. The van der Waals surface area contributed by atoms with Crippen LogP contribution in [0.4, 0.5) is 4.39 Å². The summed E-state index contributed by atoms with van der Waals surface area (Å²) < 4.78 is 22.5. The summed E-state index contributed by atoms with van der Waals surface area (Å²) in [6, 6.07) is 46.0. The maximum atomic E-state index is 16.1. The number of halogens is 1. The van der Waals surface area contributed by atoms with Crippen LogP contribution in [0.25, 0.3) is 88.2 Å². The van der Waals surface area contributed by atoms with Crippen molar-refractivity contribution in [1.82, 2.24) is 9.97 Å². The molecule has 44 heavy (non-hydrogen) atoms. The van der Waals surface area contributed by atoms with Gasteiger partial charge in [0.2, 0.25) is 0 Å². The molecule has 0 aliphatic carbocycles. The number of hydrogen-bond donors (Lipinski definition) is 0. The van der Waals surface area contributed by atoms with Crippen molar-refractivity contribution in [2.24, 2.45) is 0 Å². The first-order valence-corrected chi connectivity index (χ1v) is 14.6. The van der Waals surface area contributed by atoms with Crippen LogP contribution >= 0.6 is 0 Å². The highest BCUT2D eigenvalue weighted by Gasteiger charge is 2.20. The molecule has 0 saturated carbocycles. The zero-order valence-electron chi connectivity index (χ0n) is 23.5. The Morgan fingerprint density at radius 2 is 1.02 bits per heavy atom. The lowest BCUT2D eigenvalue weighted by molar-refractivity contribution is 0.633. The first-order valence-electron chi connectivity index (χ1n) is 14.6. The van der Waals surface area contributed by atoms with Crippen LogP contribution in [0.5, 0.6) is 0 Å². The van der Waals surface area contributed by atoms with E-state index < -0.39 is 0 Å². The van der Waals surface area contributed by atoms with Crippen LogP contribution in [0, 0.1) is 5.82 Å². The summed E-state index contributed by atoms with van der Waals surface area (Å²) in [5.41, 5.74) is 5.87. The Hall–Kier alpha value is -5.87. The molecule has 0 N–H and O–H groups in total. The van der Waals surface area contributed by atoms with Crippen LogP contribution in [0.15, 0.2) is 144 Å². The Morgan fingerprint density at radius 3 is 1.68 bits per heavy atom. The van der Waals surface area contributed by atoms with E-state index in [9.17, 15) is 0 Å². The second kappa shape index (κ2) is 9.58. The molecule has 2 aromatic heterocycles. The quantitative estimate of drug-likeness (QED) is 0.200. The van der Waals surface area contributed by atoms with E-state index in [0.717, 1.165) is 60.1 Å². The van der Waals surface area contributed by atoms with Crippen molar-refractivity contribution in [2.75, 3.05) is 0 Å². The Kier molecular flexibility index (Phi) is 5.38. The van der Waals surface area contributed by atoms with E-state index >= 15 is 4.39 Å². The molecule has 3 nitrogen and oxygen atoms in total. The highest BCUT2D eigenvalue weighted by molar-refractivity contribution is 6.25. The van der Waals surface area contributed by atoms with Gasteiger partial charge in [-0.05, 0) is 62.1 Å². The highest BCUT2D eigenvalue weighted by atomic mass is 19.1. The first kappa shape index (κ1) is 24.7. The first-order chi connectivity index (χ1) is 21.7. The molecule has 0 spiro atoms. The summed E-state index contributed by atoms with van der Waals surface area (Å²) in [5, 5.41) is 7.17. The molecular weight excluding hydrogens is 543 g/mol. The standard InChI is InChI=1S/C40H23FN2O/c41-35-23-33-30-18-10-8-16-28(30)27-15-7-9-17-29(27)32(33)22-31(35)26-19-20-36-34(21-26)38-39(44-36)37(24-11-3-1-4-12-24)42-40(43-38)25-13-5-2-6-14-25/h1-23H. The Morgan fingerprint density at radius 1 is 0.455 bits per heavy atom. The van der Waals surface area contributed by atoms with Gasteiger partial charge in [0, 0.05) is 22.1 Å². The second-order valence-electron chi connectivity index (χ2n) is 11.1. The molecule has 4 heteroatoms. The minimum atomic E-state index is -0.269. The molecule has 2 heterocycles. The lowest BCUT2D eigenvalue weighted by Gasteiger charge is -2.13. The topological polar surface area (TPSA) is 38.9 Å². The summed E-state index contributed by atoms with van der Waals surface area (Å²) in [4.78, 5) is 9.96. The fourth-order valence-corrected chi connectivity index (χ4v) is 6.47. The summed E-state index contributed by atoms with van der Waals surface area (Å²) in [6.45, 7) is 0. The minimum Gasteiger partial charge on any atom is -0.452 e. The molecule has 0 unspecified atom stereocenters. The molecule has 0 aliphatic heterocycles. The molecule has 0 fully saturated rings. The SMILES string of the molecule is Fc1cc2c3ccccc3c3ccccc3c2cc1-c1ccc2oc3c(-c4ccccc4)nc(-c4ccccc4)nc3c2c1. The van der Waals surface area contributed by atoms with Gasteiger partial charge in [0.15, 0.2) is 11.4 Å². The molecule has 0 aliphatic rings. The summed E-state index contributed by atoms with van der Waals surface area (Å²) in [5.74, 6) is 0.343. The van der Waals surface area contributed by atoms with E-state index in [1.165, 1.54) is 0 Å². The summed E-state index contributed by atoms with van der Waals surface area (Å²) in [6.07, 6.45) is 0. The number of hydrogen-bond acceptors (Lipinski definition) is 3. The fraction of sp³-hybridized carbons (Fsp3) is 0. The molecule has 0 atom stereocenters. The van der Waals surface area contributed by atoms with E-state index in [1.807, 2.05) is 103 Å². The van der Waals surface area contributed by atoms with Crippen LogP contribution in [0.2, 0.25) is 0 Å². The van der Waals surface area contributed by atoms with Gasteiger partial charge in [-0.3, -0.25) is 0 Å². The maximum absolute atomic E-state index is 16.1. The van der Waals surface area contributed by atoms with Crippen LogP contribution in [0.1, 0.15) is 0 Å². The number of fused-ring (bicyclic) bond motifs is 9. The molecule has 9 rings (SSSR count). The predicted octanol–water partition coefficient (Wildman–Crippen LogP) is 11.0. The monoisotopic (exact) mass is 566 g/mol. The number of nitrogens with zero attached hydrogens (tertiary/aromatic N) is 2.